The van der Waals surface area contributed by atoms with Crippen molar-refractivity contribution in [3.63, 3.8) is 0 Å². The van der Waals surface area contributed by atoms with Gasteiger partial charge in [-0.1, -0.05) is 30.3 Å². The van der Waals surface area contributed by atoms with Crippen molar-refractivity contribution in [3.8, 4) is 11.5 Å². The summed E-state index contributed by atoms with van der Waals surface area (Å²) in [4.78, 5) is 13.9. The van der Waals surface area contributed by atoms with E-state index in [-0.39, 0.29) is 5.91 Å². The topological polar surface area (TPSA) is 50.8 Å². The molecule has 0 saturated heterocycles. The zero-order chi connectivity index (χ0) is 17.9. The van der Waals surface area contributed by atoms with Crippen LogP contribution in [0.25, 0.3) is 0 Å². The summed E-state index contributed by atoms with van der Waals surface area (Å²) in [5, 5.41) is 2.87. The monoisotopic (exact) mass is 342 g/mol. The summed E-state index contributed by atoms with van der Waals surface area (Å²) >= 11 is 0. The average molecular weight is 342 g/mol. The van der Waals surface area contributed by atoms with Crippen LogP contribution in [0.15, 0.2) is 54.6 Å². The normalized spacial score (nSPS) is 10.5. The van der Waals surface area contributed by atoms with Gasteiger partial charge < -0.3 is 14.8 Å². The molecule has 1 amide bonds. The van der Waals surface area contributed by atoms with Crippen LogP contribution in [0.2, 0.25) is 0 Å². The molecule has 0 bridgehead atoms. The van der Waals surface area contributed by atoms with E-state index in [0.29, 0.717) is 26.3 Å². The lowest BCUT2D eigenvalue weighted by molar-refractivity contribution is -0.122. The largest absolute Gasteiger partial charge is 0.494 e. The van der Waals surface area contributed by atoms with Crippen LogP contribution < -0.4 is 14.8 Å². The van der Waals surface area contributed by atoms with Crippen LogP contribution >= 0.6 is 0 Å². The highest BCUT2D eigenvalue weighted by atomic mass is 16.5. The maximum absolute atomic E-state index is 11.9. The molecule has 2 rings (SSSR count). The Morgan fingerprint density at radius 2 is 1.64 bits per heavy atom. The van der Waals surface area contributed by atoms with Crippen LogP contribution in [-0.2, 0) is 11.3 Å². The van der Waals surface area contributed by atoms with Crippen LogP contribution in [-0.4, -0.2) is 44.2 Å². The van der Waals surface area contributed by atoms with Crippen molar-refractivity contribution < 1.29 is 14.3 Å². The number of rotatable bonds is 10. The van der Waals surface area contributed by atoms with Gasteiger partial charge in [0, 0.05) is 6.54 Å². The van der Waals surface area contributed by atoms with Crippen molar-refractivity contribution >= 4 is 5.91 Å². The predicted octanol–water partition coefficient (Wildman–Crippen LogP) is 2.71. The first-order valence-electron chi connectivity index (χ1n) is 8.52. The summed E-state index contributed by atoms with van der Waals surface area (Å²) in [6.45, 7) is 4.61. The second-order valence-corrected chi connectivity index (χ2v) is 5.76. The second-order valence-electron chi connectivity index (χ2n) is 5.76. The highest BCUT2D eigenvalue weighted by molar-refractivity contribution is 5.77. The van der Waals surface area contributed by atoms with E-state index >= 15 is 0 Å². The quantitative estimate of drug-likeness (QED) is 0.675. The summed E-state index contributed by atoms with van der Waals surface area (Å²) in [5.41, 5.74) is 1.19. The molecule has 0 aliphatic heterocycles. The third-order valence-corrected chi connectivity index (χ3v) is 3.54. The van der Waals surface area contributed by atoms with Gasteiger partial charge in [0.25, 0.3) is 0 Å². The summed E-state index contributed by atoms with van der Waals surface area (Å²) in [7, 11) is 1.93. The maximum atomic E-state index is 11.9. The molecule has 1 N–H and O–H groups in total. The molecule has 134 valence electrons. The molecular weight excluding hydrogens is 316 g/mol. The van der Waals surface area contributed by atoms with Crippen molar-refractivity contribution in [1.82, 2.24) is 10.2 Å². The van der Waals surface area contributed by atoms with Crippen LogP contribution in [0.4, 0.5) is 0 Å². The van der Waals surface area contributed by atoms with E-state index in [9.17, 15) is 4.79 Å². The molecule has 0 aliphatic carbocycles. The van der Waals surface area contributed by atoms with Crippen molar-refractivity contribution in [2.45, 2.75) is 13.5 Å². The Kier molecular flexibility index (Phi) is 7.79. The molecule has 0 aromatic heterocycles. The fourth-order valence-electron chi connectivity index (χ4n) is 2.41. The number of carbonyl (C=O) groups is 1. The molecule has 0 atom stereocenters. The number of nitrogens with zero attached hydrogens (tertiary/aromatic N) is 1. The first-order valence-corrected chi connectivity index (χ1v) is 8.52. The minimum absolute atomic E-state index is 0.00581. The Labute approximate surface area is 149 Å². The first-order chi connectivity index (χ1) is 12.2. The fraction of sp³-hybridized carbons (Fsp3) is 0.350. The van der Waals surface area contributed by atoms with Crippen molar-refractivity contribution in [3.05, 3.63) is 60.2 Å². The van der Waals surface area contributed by atoms with E-state index in [1.807, 2.05) is 61.3 Å². The van der Waals surface area contributed by atoms with Gasteiger partial charge in [-0.2, -0.15) is 0 Å². The maximum Gasteiger partial charge on any atom is 0.234 e. The average Bonchev–Trinajstić information content (AvgIpc) is 2.61. The molecule has 0 aliphatic rings. The van der Waals surface area contributed by atoms with Crippen molar-refractivity contribution in [1.29, 1.82) is 0 Å². The lowest BCUT2D eigenvalue weighted by atomic mass is 10.2. The van der Waals surface area contributed by atoms with Gasteiger partial charge in [-0.05, 0) is 43.8 Å². The van der Waals surface area contributed by atoms with E-state index < -0.39 is 0 Å². The van der Waals surface area contributed by atoms with Crippen LogP contribution in [0.3, 0.4) is 0 Å². The highest BCUT2D eigenvalue weighted by Crippen LogP contribution is 2.17. The van der Waals surface area contributed by atoms with Gasteiger partial charge in [0.1, 0.15) is 18.1 Å². The summed E-state index contributed by atoms with van der Waals surface area (Å²) in [6, 6.07) is 17.6. The predicted molar refractivity (Wildman–Crippen MR) is 98.9 cm³/mol. The third kappa shape index (κ3) is 7.27. The van der Waals surface area contributed by atoms with E-state index in [4.69, 9.17) is 9.47 Å². The Balaban J connectivity index is 1.61. The number of likely N-dealkylation sites (N-methyl/N-ethyl adjacent to an activating group) is 1. The minimum Gasteiger partial charge on any atom is -0.494 e. The number of amides is 1. The SMILES string of the molecule is CCOc1ccc(OCCNC(=O)CN(C)Cc2ccccc2)cc1. The van der Waals surface area contributed by atoms with Gasteiger partial charge in [-0.15, -0.1) is 0 Å². The zero-order valence-electron chi connectivity index (χ0n) is 14.9. The Morgan fingerprint density at radius 3 is 2.28 bits per heavy atom. The van der Waals surface area contributed by atoms with Crippen LogP contribution in [0, 0.1) is 0 Å². The van der Waals surface area contributed by atoms with Crippen molar-refractivity contribution in [2.75, 3.05) is 33.4 Å². The van der Waals surface area contributed by atoms with Gasteiger partial charge in [0.15, 0.2) is 0 Å². The Bertz CT molecular complexity index is 629. The van der Waals surface area contributed by atoms with E-state index in [0.717, 1.165) is 18.0 Å². The van der Waals surface area contributed by atoms with Gasteiger partial charge in [-0.25, -0.2) is 0 Å². The van der Waals surface area contributed by atoms with Gasteiger partial charge in [0.2, 0.25) is 5.91 Å². The standard InChI is InChI=1S/C20H26N2O3/c1-3-24-18-9-11-19(12-10-18)25-14-13-21-20(23)16-22(2)15-17-7-5-4-6-8-17/h4-12H,3,13-16H2,1-2H3,(H,21,23). The highest BCUT2D eigenvalue weighted by Gasteiger charge is 2.06. The minimum atomic E-state index is -0.00581. The molecule has 0 saturated carbocycles. The third-order valence-electron chi connectivity index (χ3n) is 3.54. The second kappa shape index (κ2) is 10.4. The fourth-order valence-corrected chi connectivity index (χ4v) is 2.41. The lowest BCUT2D eigenvalue weighted by Gasteiger charge is -2.16. The number of carbonyl (C=O) groups excluding carboxylic acids is 1. The van der Waals surface area contributed by atoms with E-state index in [2.05, 4.69) is 17.4 Å². The molecule has 0 radical (unpaired) electrons. The number of ether oxygens (including phenoxy) is 2. The van der Waals surface area contributed by atoms with Crippen molar-refractivity contribution in [2.24, 2.45) is 0 Å². The van der Waals surface area contributed by atoms with Crippen LogP contribution in [0.1, 0.15) is 12.5 Å². The summed E-state index contributed by atoms with van der Waals surface area (Å²) in [5.74, 6) is 1.58. The first kappa shape index (κ1) is 18.8. The Morgan fingerprint density at radius 1 is 1.00 bits per heavy atom. The number of benzene rings is 2. The van der Waals surface area contributed by atoms with E-state index in [1.165, 1.54) is 5.56 Å². The van der Waals surface area contributed by atoms with Crippen LogP contribution in [0.5, 0.6) is 11.5 Å². The molecule has 0 heterocycles. The molecule has 25 heavy (non-hydrogen) atoms. The lowest BCUT2D eigenvalue weighted by Crippen LogP contribution is -2.36. The summed E-state index contributed by atoms with van der Waals surface area (Å²) < 4.78 is 11.0. The number of nitrogens with one attached hydrogen (secondary N) is 1. The zero-order valence-corrected chi connectivity index (χ0v) is 14.9. The molecule has 0 unspecified atom stereocenters. The van der Waals surface area contributed by atoms with E-state index in [1.54, 1.807) is 0 Å². The molecular formula is C20H26N2O3. The number of hydrogen-bond acceptors (Lipinski definition) is 4. The molecule has 2 aromatic carbocycles. The van der Waals surface area contributed by atoms with Gasteiger partial charge in [0.05, 0.1) is 19.7 Å². The molecule has 5 heteroatoms. The molecule has 5 nitrogen and oxygen atoms in total. The smallest absolute Gasteiger partial charge is 0.234 e. The van der Waals surface area contributed by atoms with Gasteiger partial charge >= 0.3 is 0 Å². The summed E-state index contributed by atoms with van der Waals surface area (Å²) in [6.07, 6.45) is 0. The van der Waals surface area contributed by atoms with Gasteiger partial charge in [-0.3, -0.25) is 9.69 Å². The molecule has 0 spiro atoms. The molecule has 2 aromatic rings. The number of hydrogen-bond donors (Lipinski definition) is 1. The molecule has 0 fully saturated rings. The Hall–Kier alpha value is -2.53.